The van der Waals surface area contributed by atoms with Gasteiger partial charge in [-0.3, -0.25) is 19.1 Å². The van der Waals surface area contributed by atoms with Crippen LogP contribution in [-0.4, -0.2) is 63.6 Å². The van der Waals surface area contributed by atoms with E-state index in [4.69, 9.17) is 27.9 Å². The average Bonchev–Trinajstić information content (AvgIpc) is 3.20. The fourth-order valence-corrected chi connectivity index (χ4v) is 4.43. The lowest BCUT2D eigenvalue weighted by Crippen LogP contribution is -2.32. The summed E-state index contributed by atoms with van der Waals surface area (Å²) in [6.07, 6.45) is -1.58. The van der Waals surface area contributed by atoms with Gasteiger partial charge >= 0.3 is 5.97 Å². The summed E-state index contributed by atoms with van der Waals surface area (Å²) in [5, 5.41) is 11.3. The van der Waals surface area contributed by atoms with E-state index in [0.717, 1.165) is 12.3 Å². The van der Waals surface area contributed by atoms with Crippen LogP contribution in [-0.2, 0) is 42.8 Å². The maximum absolute atomic E-state index is 13.0. The molecular formula is C21H27NO11S. The Kier molecular flexibility index (Phi) is 7.62. The van der Waals surface area contributed by atoms with E-state index in [1.54, 1.807) is 20.8 Å². The lowest BCUT2D eigenvalue weighted by Gasteiger charge is -2.25. The zero-order valence-corrected chi connectivity index (χ0v) is 20.1. The predicted octanol–water partition coefficient (Wildman–Crippen LogP) is 2.20. The Labute approximate surface area is 197 Å². The van der Waals surface area contributed by atoms with Crippen molar-refractivity contribution in [1.29, 1.82) is 0 Å². The smallest absolute Gasteiger partial charge is 0.315 e. The minimum Gasteiger partial charge on any atom is -0.465 e. The van der Waals surface area contributed by atoms with Crippen LogP contribution in [0.1, 0.15) is 32.4 Å². The summed E-state index contributed by atoms with van der Waals surface area (Å²) in [6, 6.07) is 5.14. The lowest BCUT2D eigenvalue weighted by molar-refractivity contribution is -0.385. The number of non-ortho nitro benzene ring substituents is 1. The summed E-state index contributed by atoms with van der Waals surface area (Å²) in [5.41, 5.74) is -0.226. The molecule has 188 valence electrons. The van der Waals surface area contributed by atoms with Gasteiger partial charge in [-0.1, -0.05) is 12.1 Å². The van der Waals surface area contributed by atoms with Gasteiger partial charge in [0.2, 0.25) is 6.29 Å². The Morgan fingerprint density at radius 1 is 1.32 bits per heavy atom. The second-order valence-corrected chi connectivity index (χ2v) is 9.76. The van der Waals surface area contributed by atoms with Crippen molar-refractivity contribution in [3.8, 4) is 0 Å². The van der Waals surface area contributed by atoms with Crippen LogP contribution in [0, 0.1) is 16.0 Å². The van der Waals surface area contributed by atoms with E-state index < -0.39 is 57.3 Å². The highest BCUT2D eigenvalue weighted by Gasteiger charge is 2.54. The number of hydrogen-bond donors (Lipinski definition) is 0. The summed E-state index contributed by atoms with van der Waals surface area (Å²) >= 11 is 0. The summed E-state index contributed by atoms with van der Waals surface area (Å²) in [7, 11) is -2.69. The quantitative estimate of drug-likeness (QED) is 0.212. The van der Waals surface area contributed by atoms with E-state index in [9.17, 15) is 23.3 Å². The van der Waals surface area contributed by atoms with Gasteiger partial charge in [0.1, 0.15) is 23.9 Å². The zero-order valence-electron chi connectivity index (χ0n) is 19.3. The molecule has 2 saturated heterocycles. The van der Waals surface area contributed by atoms with Gasteiger partial charge in [0.05, 0.1) is 17.8 Å². The van der Waals surface area contributed by atoms with E-state index in [-0.39, 0.29) is 23.6 Å². The van der Waals surface area contributed by atoms with Gasteiger partial charge in [-0.05, 0) is 32.4 Å². The first-order valence-electron chi connectivity index (χ1n) is 10.4. The number of nitro groups is 1. The van der Waals surface area contributed by atoms with Crippen LogP contribution in [0.25, 0.3) is 0 Å². The van der Waals surface area contributed by atoms with Crippen LogP contribution < -0.4 is 0 Å². The molecule has 3 rings (SSSR count). The summed E-state index contributed by atoms with van der Waals surface area (Å²) in [5.74, 6) is -2.95. The Morgan fingerprint density at radius 2 is 2.03 bits per heavy atom. The molecule has 2 aliphatic rings. The Hall–Kier alpha value is -2.58. The first-order valence-corrected chi connectivity index (χ1v) is 12.2. The molecule has 0 saturated carbocycles. The van der Waals surface area contributed by atoms with Crippen molar-refractivity contribution in [3.63, 3.8) is 0 Å². The Balaban J connectivity index is 2.07. The van der Waals surface area contributed by atoms with Crippen LogP contribution in [0.5, 0.6) is 0 Å². The molecule has 5 atom stereocenters. The third-order valence-corrected chi connectivity index (χ3v) is 5.65. The number of ether oxygens (including phenoxy) is 5. The molecule has 0 amide bonds. The molecule has 1 aromatic rings. The van der Waals surface area contributed by atoms with Crippen molar-refractivity contribution in [2.75, 3.05) is 20.0 Å². The lowest BCUT2D eigenvalue weighted by atomic mass is 9.94. The number of fused-ring (bicyclic) bond motifs is 1. The van der Waals surface area contributed by atoms with E-state index in [2.05, 4.69) is 0 Å². The third-order valence-electron chi connectivity index (χ3n) is 5.09. The Bertz CT molecular complexity index is 1070. The van der Waals surface area contributed by atoms with Gasteiger partial charge in [-0.25, -0.2) is 0 Å². The summed E-state index contributed by atoms with van der Waals surface area (Å²) in [4.78, 5) is 23.6. The maximum atomic E-state index is 13.0. The monoisotopic (exact) mass is 501 g/mol. The van der Waals surface area contributed by atoms with Crippen LogP contribution in [0.3, 0.4) is 0 Å². The SMILES string of the molecule is CCOC(=O)C(/C=C1\O[C@@H]2OC(C)(C)O[C@@H]2[C@H]1OC)C(OS(C)(=O)=O)c1cccc([N+](=O)[O-])c1. The molecule has 0 spiro atoms. The molecule has 13 heteroatoms. The van der Waals surface area contributed by atoms with Gasteiger partial charge in [0.25, 0.3) is 15.8 Å². The van der Waals surface area contributed by atoms with E-state index in [0.29, 0.717) is 0 Å². The Morgan fingerprint density at radius 3 is 2.62 bits per heavy atom. The molecule has 0 N–H and O–H groups in total. The number of nitrogens with zero attached hydrogens (tertiary/aromatic N) is 1. The van der Waals surface area contributed by atoms with Gasteiger partial charge in [0, 0.05) is 19.2 Å². The molecule has 0 aromatic heterocycles. The standard InChI is InChI=1S/C21H27NO11S/c1-6-29-19(23)14(11-15-17(28-4)18-20(30-15)32-21(2,3)31-18)16(33-34(5,26)27)12-8-7-9-13(10-12)22(24)25/h7-11,14,16-18,20H,6H2,1-5H3/b15-11-/t14?,16?,17-,18+,20+/m0/s1. The maximum Gasteiger partial charge on any atom is 0.315 e. The molecule has 2 fully saturated rings. The zero-order chi connectivity index (χ0) is 25.3. The van der Waals surface area contributed by atoms with Crippen molar-refractivity contribution in [2.24, 2.45) is 5.92 Å². The molecule has 12 nitrogen and oxygen atoms in total. The molecule has 0 radical (unpaired) electrons. The first-order chi connectivity index (χ1) is 15.8. The van der Waals surface area contributed by atoms with Crippen molar-refractivity contribution in [1.82, 2.24) is 0 Å². The molecule has 2 aliphatic heterocycles. The third kappa shape index (κ3) is 5.91. The molecule has 34 heavy (non-hydrogen) atoms. The normalized spacial score (nSPS) is 26.5. The molecule has 2 unspecified atom stereocenters. The van der Waals surface area contributed by atoms with Gasteiger partial charge in [0.15, 0.2) is 11.9 Å². The van der Waals surface area contributed by atoms with Gasteiger partial charge in [-0.15, -0.1) is 0 Å². The van der Waals surface area contributed by atoms with Crippen molar-refractivity contribution >= 4 is 21.8 Å². The second-order valence-electron chi connectivity index (χ2n) is 8.16. The first kappa shape index (κ1) is 26.0. The fourth-order valence-electron chi connectivity index (χ4n) is 3.82. The number of hydrogen-bond acceptors (Lipinski definition) is 11. The average molecular weight is 502 g/mol. The molecule has 0 aliphatic carbocycles. The highest BCUT2D eigenvalue weighted by molar-refractivity contribution is 7.86. The van der Waals surface area contributed by atoms with Crippen molar-refractivity contribution in [3.05, 3.63) is 51.8 Å². The highest BCUT2D eigenvalue weighted by Crippen LogP contribution is 2.42. The van der Waals surface area contributed by atoms with E-state index in [1.807, 2.05) is 0 Å². The van der Waals surface area contributed by atoms with Gasteiger partial charge < -0.3 is 23.7 Å². The molecule has 2 heterocycles. The van der Waals surface area contributed by atoms with E-state index in [1.165, 1.54) is 31.4 Å². The number of benzene rings is 1. The van der Waals surface area contributed by atoms with Crippen LogP contribution in [0.2, 0.25) is 0 Å². The van der Waals surface area contributed by atoms with Crippen molar-refractivity contribution in [2.45, 2.75) is 51.2 Å². The minimum atomic E-state index is -4.11. The number of methoxy groups -OCH3 is 1. The largest absolute Gasteiger partial charge is 0.465 e. The molecule has 1 aromatic carbocycles. The van der Waals surface area contributed by atoms with Crippen molar-refractivity contribution < 1.29 is 46.0 Å². The summed E-state index contributed by atoms with van der Waals surface area (Å²) in [6.45, 7) is 5.01. The predicted molar refractivity (Wildman–Crippen MR) is 116 cm³/mol. The molecular weight excluding hydrogens is 474 g/mol. The number of esters is 1. The molecule has 0 bridgehead atoms. The second kappa shape index (κ2) is 9.96. The summed E-state index contributed by atoms with van der Waals surface area (Å²) < 4.78 is 57.4. The number of nitro benzene ring substituents is 1. The number of carbonyl (C=O) groups is 1. The fraction of sp³-hybridized carbons (Fsp3) is 0.571. The number of carbonyl (C=O) groups excluding carboxylic acids is 1. The van der Waals surface area contributed by atoms with Gasteiger partial charge in [-0.2, -0.15) is 8.42 Å². The van der Waals surface area contributed by atoms with Crippen LogP contribution in [0.4, 0.5) is 5.69 Å². The van der Waals surface area contributed by atoms with Crippen LogP contribution >= 0.6 is 0 Å². The van der Waals surface area contributed by atoms with Crippen LogP contribution in [0.15, 0.2) is 36.1 Å². The highest BCUT2D eigenvalue weighted by atomic mass is 32.2. The topological polar surface area (TPSA) is 150 Å². The number of rotatable bonds is 9. The van der Waals surface area contributed by atoms with E-state index >= 15 is 0 Å². The minimum absolute atomic E-state index is 0.000730.